The summed E-state index contributed by atoms with van der Waals surface area (Å²) >= 11 is 2.11. The van der Waals surface area contributed by atoms with E-state index in [-0.39, 0.29) is 0 Å². The molecule has 2 N–H and O–H groups in total. The summed E-state index contributed by atoms with van der Waals surface area (Å²) < 4.78 is 1.80. The molecular weight excluding hydrogens is 314 g/mol. The third kappa shape index (κ3) is 1.64. The summed E-state index contributed by atoms with van der Waals surface area (Å²) in [7, 11) is -0.0138. The maximum atomic E-state index is 9.13. The highest BCUT2D eigenvalue weighted by Crippen LogP contribution is 2.21. The average molecular weight is 320 g/mol. The van der Waals surface area contributed by atoms with Crippen LogP contribution in [0.5, 0.6) is 0 Å². The molecule has 14 heavy (non-hydrogen) atoms. The number of nitrogens with zero attached hydrogens (tertiary/aromatic N) is 2. The minimum atomic E-state index is -1.45. The predicted octanol–water partition coefficient (Wildman–Crippen LogP) is 0.562. The van der Waals surface area contributed by atoms with Crippen molar-refractivity contribution in [3.63, 3.8) is 0 Å². The van der Waals surface area contributed by atoms with Gasteiger partial charge in [-0.3, -0.25) is 3.97 Å². The Morgan fingerprint density at radius 2 is 2.29 bits per heavy atom. The molecule has 0 aliphatic carbocycles. The summed E-state index contributed by atoms with van der Waals surface area (Å²) in [5, 5.41) is 19.0. The molecule has 0 aliphatic heterocycles. The quantitative estimate of drug-likeness (QED) is 0.627. The van der Waals surface area contributed by atoms with Gasteiger partial charge in [-0.15, -0.1) is 0 Å². The van der Waals surface area contributed by atoms with Crippen molar-refractivity contribution in [1.82, 2.24) is 8.96 Å². The monoisotopic (exact) mass is 320 g/mol. The lowest BCUT2D eigenvalue weighted by molar-refractivity contribution is 0.426. The van der Waals surface area contributed by atoms with Crippen molar-refractivity contribution >= 4 is 53.9 Å². The Morgan fingerprint density at radius 1 is 1.50 bits per heavy atom. The van der Waals surface area contributed by atoms with Gasteiger partial charge in [0.05, 0.1) is 0 Å². The second-order valence-electron chi connectivity index (χ2n) is 2.73. The topological polar surface area (TPSA) is 58.3 Å². The molecule has 2 rings (SSSR count). The van der Waals surface area contributed by atoms with Gasteiger partial charge >= 0.3 is 7.12 Å². The number of halogens is 1. The van der Waals surface area contributed by atoms with Crippen LogP contribution in [0, 0.1) is 0 Å². The highest BCUT2D eigenvalue weighted by atomic mass is 127. The summed E-state index contributed by atoms with van der Waals surface area (Å²) in [6.07, 6.45) is 3.36. The molecule has 0 radical (unpaired) electrons. The molecular formula is C7H6BIN2O2S. The number of fused-ring (bicyclic) bond motifs is 1. The number of hydrogen-bond donors (Lipinski definition) is 2. The summed E-state index contributed by atoms with van der Waals surface area (Å²) in [4.78, 5) is 4.17. The van der Waals surface area contributed by atoms with Gasteiger partial charge in [-0.25, -0.2) is 4.98 Å². The van der Waals surface area contributed by atoms with Gasteiger partial charge in [0.2, 0.25) is 0 Å². The zero-order chi connectivity index (χ0) is 10.1. The molecule has 0 aromatic carbocycles. The molecule has 0 fully saturated rings. The Hall–Kier alpha value is -0.245. The van der Waals surface area contributed by atoms with Crippen LogP contribution in [0.15, 0.2) is 24.5 Å². The van der Waals surface area contributed by atoms with Gasteiger partial charge in [0.25, 0.3) is 0 Å². The second kappa shape index (κ2) is 4.09. The standard InChI is InChI=1S/C7H6BIN2O2S/c9-14-11-4-6(8(12)13)5-2-1-3-10-7(5)11/h1-4,12-13H. The van der Waals surface area contributed by atoms with Crippen molar-refractivity contribution in [1.29, 1.82) is 0 Å². The minimum absolute atomic E-state index is 0.484. The highest BCUT2D eigenvalue weighted by molar-refractivity contribution is 14.2. The molecule has 7 heteroatoms. The van der Waals surface area contributed by atoms with E-state index in [0.717, 1.165) is 11.0 Å². The molecule has 0 bridgehead atoms. The molecule has 0 saturated carbocycles. The van der Waals surface area contributed by atoms with Crippen LogP contribution in [0.4, 0.5) is 0 Å². The lowest BCUT2D eigenvalue weighted by atomic mass is 9.80. The van der Waals surface area contributed by atoms with Gasteiger partial charge in [-0.2, -0.15) is 0 Å². The Morgan fingerprint density at radius 3 is 2.93 bits per heavy atom. The highest BCUT2D eigenvalue weighted by Gasteiger charge is 2.18. The van der Waals surface area contributed by atoms with E-state index in [0.29, 0.717) is 5.46 Å². The number of aromatic nitrogens is 2. The van der Waals surface area contributed by atoms with E-state index in [1.165, 1.54) is 9.12 Å². The SMILES string of the molecule is OB(O)c1cn(SI)c2ncccc12. The van der Waals surface area contributed by atoms with Crippen LogP contribution in [-0.4, -0.2) is 26.1 Å². The fraction of sp³-hybridized carbons (Fsp3) is 0. The lowest BCUT2D eigenvalue weighted by Crippen LogP contribution is -2.29. The molecule has 0 spiro atoms. The van der Waals surface area contributed by atoms with Crippen molar-refractivity contribution in [2.45, 2.75) is 0 Å². The summed E-state index contributed by atoms with van der Waals surface area (Å²) in [6, 6.07) is 3.59. The third-order valence-electron chi connectivity index (χ3n) is 1.92. The van der Waals surface area contributed by atoms with Crippen molar-refractivity contribution < 1.29 is 10.0 Å². The summed E-state index contributed by atoms with van der Waals surface area (Å²) in [5.41, 5.74) is 1.23. The van der Waals surface area contributed by atoms with E-state index in [2.05, 4.69) is 26.2 Å². The molecule has 0 saturated heterocycles. The van der Waals surface area contributed by atoms with Gasteiger partial charge < -0.3 is 10.0 Å². The normalized spacial score (nSPS) is 10.8. The third-order valence-corrected chi connectivity index (χ3v) is 3.62. The summed E-state index contributed by atoms with van der Waals surface area (Å²) in [6.45, 7) is 0. The zero-order valence-electron chi connectivity index (χ0n) is 6.96. The molecule has 0 atom stereocenters. The van der Waals surface area contributed by atoms with E-state index in [1.54, 1.807) is 22.4 Å². The van der Waals surface area contributed by atoms with Gasteiger partial charge in [0.15, 0.2) is 0 Å². The van der Waals surface area contributed by atoms with Crippen LogP contribution in [0.1, 0.15) is 0 Å². The fourth-order valence-electron chi connectivity index (χ4n) is 1.31. The fourth-order valence-corrected chi connectivity index (χ4v) is 2.58. The van der Waals surface area contributed by atoms with Gasteiger partial charge in [-0.05, 0) is 12.1 Å². The second-order valence-corrected chi connectivity index (χ2v) is 4.44. The smallest absolute Gasteiger partial charge is 0.423 e. The number of pyridine rings is 1. The van der Waals surface area contributed by atoms with Gasteiger partial charge in [0, 0.05) is 53.6 Å². The molecule has 0 unspecified atom stereocenters. The predicted molar refractivity (Wildman–Crippen MR) is 66.6 cm³/mol. The average Bonchev–Trinajstić information content (AvgIpc) is 2.56. The van der Waals surface area contributed by atoms with Crippen LogP contribution in [0.3, 0.4) is 0 Å². The van der Waals surface area contributed by atoms with Crippen molar-refractivity contribution in [2.75, 3.05) is 0 Å². The van der Waals surface area contributed by atoms with Crippen LogP contribution < -0.4 is 5.46 Å². The molecule has 0 amide bonds. The largest absolute Gasteiger partial charge is 0.490 e. The van der Waals surface area contributed by atoms with Crippen LogP contribution in [0.25, 0.3) is 11.0 Å². The van der Waals surface area contributed by atoms with Crippen LogP contribution >= 0.6 is 30.3 Å². The van der Waals surface area contributed by atoms with Crippen molar-refractivity contribution in [2.24, 2.45) is 0 Å². The van der Waals surface area contributed by atoms with E-state index < -0.39 is 7.12 Å². The Bertz CT molecular complexity index is 462. The Kier molecular flexibility index (Phi) is 3.00. The summed E-state index contributed by atoms with van der Waals surface area (Å²) in [5.74, 6) is 0. The van der Waals surface area contributed by atoms with Crippen LogP contribution in [0.2, 0.25) is 0 Å². The maximum Gasteiger partial charge on any atom is 0.490 e. The lowest BCUT2D eigenvalue weighted by Gasteiger charge is -1.94. The van der Waals surface area contributed by atoms with Gasteiger partial charge in [-0.1, -0.05) is 0 Å². The van der Waals surface area contributed by atoms with E-state index in [1.807, 2.05) is 6.07 Å². The molecule has 2 aromatic heterocycles. The first kappa shape index (κ1) is 10.3. The molecule has 0 aliphatic rings. The zero-order valence-corrected chi connectivity index (χ0v) is 9.94. The Balaban J connectivity index is 2.73. The molecule has 4 nitrogen and oxygen atoms in total. The molecule has 2 aromatic rings. The van der Waals surface area contributed by atoms with E-state index in [9.17, 15) is 0 Å². The first-order chi connectivity index (χ1) is 6.74. The number of rotatable bonds is 2. The number of hydrogen-bond acceptors (Lipinski definition) is 4. The van der Waals surface area contributed by atoms with Crippen molar-refractivity contribution in [3.05, 3.63) is 24.5 Å². The first-order valence-corrected chi connectivity index (χ1v) is 7.17. The minimum Gasteiger partial charge on any atom is -0.423 e. The van der Waals surface area contributed by atoms with Crippen molar-refractivity contribution in [3.8, 4) is 0 Å². The first-order valence-electron chi connectivity index (χ1n) is 3.85. The Labute approximate surface area is 97.2 Å². The maximum absolute atomic E-state index is 9.13. The molecule has 2 heterocycles. The van der Waals surface area contributed by atoms with E-state index >= 15 is 0 Å². The van der Waals surface area contributed by atoms with Crippen LogP contribution in [-0.2, 0) is 0 Å². The molecule has 72 valence electrons. The van der Waals surface area contributed by atoms with Gasteiger partial charge in [0.1, 0.15) is 5.65 Å². The van der Waals surface area contributed by atoms with E-state index in [4.69, 9.17) is 10.0 Å².